The van der Waals surface area contributed by atoms with Crippen LogP contribution in [0.5, 0.6) is 0 Å². The average Bonchev–Trinajstić information content (AvgIpc) is 2.90. The van der Waals surface area contributed by atoms with Gasteiger partial charge in [0.15, 0.2) is 0 Å². The van der Waals surface area contributed by atoms with Crippen LogP contribution in [0.15, 0.2) is 36.4 Å². The predicted molar refractivity (Wildman–Crippen MR) is 88.0 cm³/mol. The molecule has 2 atom stereocenters. The van der Waals surface area contributed by atoms with Crippen molar-refractivity contribution in [2.75, 3.05) is 0 Å². The van der Waals surface area contributed by atoms with Crippen molar-refractivity contribution in [1.29, 1.82) is 0 Å². The fraction of sp³-hybridized carbons (Fsp3) is 0.263. The third-order valence-electron chi connectivity index (χ3n) is 5.01. The van der Waals surface area contributed by atoms with Crippen molar-refractivity contribution in [1.82, 2.24) is 4.98 Å². The first-order chi connectivity index (χ1) is 11.5. The molecule has 1 fully saturated rings. The molecule has 0 spiro atoms. The van der Waals surface area contributed by atoms with Gasteiger partial charge in [-0.1, -0.05) is 0 Å². The summed E-state index contributed by atoms with van der Waals surface area (Å²) >= 11 is 0. The number of hydrogen-bond acceptors (Lipinski definition) is 1. The van der Waals surface area contributed by atoms with E-state index in [1.54, 1.807) is 12.1 Å². The summed E-state index contributed by atoms with van der Waals surface area (Å²) < 4.78 is 41.1. The van der Waals surface area contributed by atoms with E-state index in [1.807, 2.05) is 0 Å². The van der Waals surface area contributed by atoms with Crippen LogP contribution in [-0.2, 0) is 6.42 Å². The monoisotopic (exact) mass is 330 g/mol. The lowest BCUT2D eigenvalue weighted by atomic mass is 9.76. The number of rotatable bonds is 3. The van der Waals surface area contributed by atoms with Gasteiger partial charge in [0.2, 0.25) is 0 Å². The third kappa shape index (κ3) is 2.49. The van der Waals surface area contributed by atoms with E-state index in [1.165, 1.54) is 18.2 Å². The van der Waals surface area contributed by atoms with Crippen molar-refractivity contribution in [2.45, 2.75) is 25.3 Å². The van der Waals surface area contributed by atoms with Gasteiger partial charge in [0, 0.05) is 23.2 Å². The number of hydrogen-bond donors (Lipinski definition) is 2. The zero-order valence-electron chi connectivity index (χ0n) is 13.0. The average molecular weight is 330 g/mol. The molecule has 1 aromatic heterocycles. The lowest BCUT2D eigenvalue weighted by molar-refractivity contribution is 0.256. The lowest BCUT2D eigenvalue weighted by Gasteiger charge is -2.33. The highest BCUT2D eigenvalue weighted by atomic mass is 19.1. The highest BCUT2D eigenvalue weighted by Crippen LogP contribution is 2.37. The molecule has 2 nitrogen and oxygen atoms in total. The lowest BCUT2D eigenvalue weighted by Crippen LogP contribution is -2.40. The molecule has 1 saturated carbocycles. The van der Waals surface area contributed by atoms with Crippen molar-refractivity contribution in [3.05, 3.63) is 59.4 Å². The Morgan fingerprint density at radius 1 is 1.00 bits per heavy atom. The maximum Gasteiger partial charge on any atom is 0.150 e. The van der Waals surface area contributed by atoms with E-state index >= 15 is 0 Å². The molecular formula is C19H17F3N2. The third-order valence-corrected chi connectivity index (χ3v) is 5.01. The molecule has 0 saturated heterocycles. The van der Waals surface area contributed by atoms with Gasteiger partial charge in [-0.15, -0.1) is 0 Å². The van der Waals surface area contributed by atoms with Crippen LogP contribution < -0.4 is 5.73 Å². The van der Waals surface area contributed by atoms with E-state index in [0.717, 1.165) is 30.0 Å². The standard InChI is InChI=1S/C19H17F3N2/c20-12-4-1-10(2-5-12)18-14(7-11-3-6-17(11)23)15-8-13(21)9-16(22)19(15)24-18/h1-2,4-5,8-9,11,17,24H,3,6-7,23H2. The van der Waals surface area contributed by atoms with Crippen LogP contribution in [0.1, 0.15) is 18.4 Å². The van der Waals surface area contributed by atoms with E-state index in [2.05, 4.69) is 4.98 Å². The van der Waals surface area contributed by atoms with E-state index in [4.69, 9.17) is 5.73 Å². The molecule has 0 amide bonds. The van der Waals surface area contributed by atoms with Crippen molar-refractivity contribution < 1.29 is 13.2 Å². The summed E-state index contributed by atoms with van der Waals surface area (Å²) in [6.07, 6.45) is 2.63. The van der Waals surface area contributed by atoms with Crippen LogP contribution in [0.4, 0.5) is 13.2 Å². The molecule has 2 unspecified atom stereocenters. The first kappa shape index (κ1) is 15.3. The van der Waals surface area contributed by atoms with Crippen molar-refractivity contribution in [3.63, 3.8) is 0 Å². The molecule has 2 aromatic carbocycles. The van der Waals surface area contributed by atoms with Gasteiger partial charge in [0.25, 0.3) is 0 Å². The van der Waals surface area contributed by atoms with Gasteiger partial charge < -0.3 is 10.7 Å². The number of halogens is 3. The van der Waals surface area contributed by atoms with E-state index in [-0.39, 0.29) is 17.4 Å². The number of aromatic amines is 1. The molecule has 24 heavy (non-hydrogen) atoms. The summed E-state index contributed by atoms with van der Waals surface area (Å²) in [4.78, 5) is 3.06. The molecule has 1 aliphatic rings. The Balaban J connectivity index is 1.90. The summed E-state index contributed by atoms with van der Waals surface area (Å²) in [5, 5.41) is 0.533. The van der Waals surface area contributed by atoms with E-state index in [9.17, 15) is 13.2 Å². The molecule has 1 aliphatic carbocycles. The molecule has 3 N–H and O–H groups in total. The number of fused-ring (bicyclic) bond motifs is 1. The quantitative estimate of drug-likeness (QED) is 0.728. The Labute approximate surface area is 137 Å². The minimum Gasteiger partial charge on any atom is -0.352 e. The maximum absolute atomic E-state index is 14.2. The van der Waals surface area contributed by atoms with E-state index in [0.29, 0.717) is 23.4 Å². The van der Waals surface area contributed by atoms with Crippen molar-refractivity contribution >= 4 is 10.9 Å². The Kier molecular flexibility index (Phi) is 3.61. The Bertz CT molecular complexity index is 899. The Morgan fingerprint density at radius 3 is 2.38 bits per heavy atom. The number of aromatic nitrogens is 1. The van der Waals surface area contributed by atoms with Crippen LogP contribution in [0.25, 0.3) is 22.2 Å². The van der Waals surface area contributed by atoms with Gasteiger partial charge in [0.1, 0.15) is 17.5 Å². The van der Waals surface area contributed by atoms with Crippen LogP contribution in [0.3, 0.4) is 0 Å². The van der Waals surface area contributed by atoms with Gasteiger partial charge in [-0.25, -0.2) is 13.2 Å². The summed E-state index contributed by atoms with van der Waals surface area (Å²) in [5.74, 6) is -1.27. The molecule has 0 bridgehead atoms. The molecule has 0 aliphatic heterocycles. The van der Waals surface area contributed by atoms with Gasteiger partial charge in [-0.3, -0.25) is 0 Å². The largest absolute Gasteiger partial charge is 0.352 e. The number of nitrogens with two attached hydrogens (primary N) is 1. The van der Waals surface area contributed by atoms with Crippen LogP contribution in [0.2, 0.25) is 0 Å². The van der Waals surface area contributed by atoms with Crippen LogP contribution >= 0.6 is 0 Å². The molecule has 4 rings (SSSR count). The maximum atomic E-state index is 14.2. The van der Waals surface area contributed by atoms with Crippen molar-refractivity contribution in [3.8, 4) is 11.3 Å². The highest BCUT2D eigenvalue weighted by molar-refractivity contribution is 5.91. The molecule has 5 heteroatoms. The minimum absolute atomic E-state index is 0.120. The SMILES string of the molecule is NC1CCC1Cc1c(-c2ccc(F)cc2)[nH]c2c(F)cc(F)cc12. The molecule has 0 radical (unpaired) electrons. The molecule has 3 aromatic rings. The fourth-order valence-electron chi connectivity index (χ4n) is 3.46. The highest BCUT2D eigenvalue weighted by Gasteiger charge is 2.30. The Morgan fingerprint density at radius 2 is 1.75 bits per heavy atom. The topological polar surface area (TPSA) is 41.8 Å². The first-order valence-corrected chi connectivity index (χ1v) is 8.04. The number of nitrogens with one attached hydrogen (secondary N) is 1. The van der Waals surface area contributed by atoms with Gasteiger partial charge in [-0.2, -0.15) is 0 Å². The van der Waals surface area contributed by atoms with Crippen LogP contribution in [-0.4, -0.2) is 11.0 Å². The summed E-state index contributed by atoms with van der Waals surface area (Å²) in [6.45, 7) is 0. The van der Waals surface area contributed by atoms with Gasteiger partial charge >= 0.3 is 0 Å². The number of H-pyrrole nitrogens is 1. The fourth-order valence-corrected chi connectivity index (χ4v) is 3.46. The minimum atomic E-state index is -0.627. The first-order valence-electron chi connectivity index (χ1n) is 8.04. The zero-order valence-corrected chi connectivity index (χ0v) is 13.0. The number of benzene rings is 2. The smallest absolute Gasteiger partial charge is 0.150 e. The van der Waals surface area contributed by atoms with Crippen LogP contribution in [0, 0.1) is 23.4 Å². The predicted octanol–water partition coefficient (Wildman–Crippen LogP) is 4.53. The Hall–Kier alpha value is -2.27. The van der Waals surface area contributed by atoms with Crippen molar-refractivity contribution in [2.24, 2.45) is 11.7 Å². The van der Waals surface area contributed by atoms with E-state index < -0.39 is 11.6 Å². The second kappa shape index (κ2) is 5.67. The summed E-state index contributed by atoms with van der Waals surface area (Å²) in [6, 6.07) is 8.33. The van der Waals surface area contributed by atoms with Gasteiger partial charge in [-0.05, 0) is 66.6 Å². The zero-order chi connectivity index (χ0) is 16.8. The summed E-state index contributed by atoms with van der Waals surface area (Å²) in [7, 11) is 0. The molecule has 124 valence electrons. The molecular weight excluding hydrogens is 313 g/mol. The second-order valence-electron chi connectivity index (χ2n) is 6.50. The summed E-state index contributed by atoms with van der Waals surface area (Å²) in [5.41, 5.74) is 8.61. The normalized spacial score (nSPS) is 20.3. The second-order valence-corrected chi connectivity index (χ2v) is 6.50. The molecule has 1 heterocycles. The van der Waals surface area contributed by atoms with Gasteiger partial charge in [0.05, 0.1) is 5.52 Å².